The maximum Gasteiger partial charge on any atom is 0.168 e. The molecular formula is C22H20FN5O2. The zero-order valence-electron chi connectivity index (χ0n) is 16.3. The van der Waals surface area contributed by atoms with Gasteiger partial charge in [0.05, 0.1) is 0 Å². The standard InChI is InChI=1S/C22H20FN5O2/c1-2-26-20-13-9-18(22(25)28-11-13)29-12-14-8-15(23)5-6-16(14)21-17(4-3-7-27-21)30-19(20)10-24/h3-11H,2,12,24H2,1H3,(H2,25,28)/b19-10+,26-20?. The van der Waals surface area contributed by atoms with Crippen molar-refractivity contribution >= 4 is 11.5 Å². The molecule has 152 valence electrons. The largest absolute Gasteiger partial charge is 0.485 e. The third-order valence-electron chi connectivity index (χ3n) is 4.55. The minimum absolute atomic E-state index is 0.0677. The Balaban J connectivity index is 1.96. The van der Waals surface area contributed by atoms with E-state index in [0.717, 1.165) is 0 Å². The maximum atomic E-state index is 14.0. The van der Waals surface area contributed by atoms with E-state index in [1.165, 1.54) is 18.3 Å². The monoisotopic (exact) mass is 405 g/mol. The van der Waals surface area contributed by atoms with Crippen LogP contribution in [0.2, 0.25) is 0 Å². The second-order valence-corrected chi connectivity index (χ2v) is 6.50. The van der Waals surface area contributed by atoms with Crippen LogP contribution in [0.5, 0.6) is 11.5 Å². The number of nitrogens with zero attached hydrogens (tertiary/aromatic N) is 3. The van der Waals surface area contributed by atoms with Crippen molar-refractivity contribution < 1.29 is 13.9 Å². The van der Waals surface area contributed by atoms with Gasteiger partial charge < -0.3 is 20.9 Å². The van der Waals surface area contributed by atoms with Crippen LogP contribution in [0.25, 0.3) is 11.3 Å². The number of aromatic nitrogens is 2. The smallest absolute Gasteiger partial charge is 0.168 e. The molecule has 0 spiro atoms. The number of aliphatic imine (C=N–C) groups is 1. The van der Waals surface area contributed by atoms with Crippen LogP contribution in [-0.4, -0.2) is 22.2 Å². The average molecular weight is 405 g/mol. The molecule has 0 atom stereocenters. The number of benzene rings is 1. The molecule has 0 fully saturated rings. The van der Waals surface area contributed by atoms with Crippen molar-refractivity contribution in [2.75, 3.05) is 12.3 Å². The van der Waals surface area contributed by atoms with E-state index in [4.69, 9.17) is 20.9 Å². The number of hydrogen-bond donors (Lipinski definition) is 2. The summed E-state index contributed by atoms with van der Waals surface area (Å²) in [5.41, 5.74) is 14.8. The van der Waals surface area contributed by atoms with Gasteiger partial charge >= 0.3 is 0 Å². The van der Waals surface area contributed by atoms with Crippen LogP contribution in [0.15, 0.2) is 65.7 Å². The van der Waals surface area contributed by atoms with Gasteiger partial charge in [0.1, 0.15) is 23.8 Å². The third-order valence-corrected chi connectivity index (χ3v) is 4.55. The van der Waals surface area contributed by atoms with E-state index in [1.807, 2.05) is 6.92 Å². The number of rotatable bonds is 1. The number of allylic oxidation sites excluding steroid dienone is 1. The first-order chi connectivity index (χ1) is 14.6. The molecule has 0 saturated carbocycles. The Bertz CT molecular complexity index is 1160. The molecule has 0 amide bonds. The molecule has 7 nitrogen and oxygen atoms in total. The fourth-order valence-corrected chi connectivity index (χ4v) is 3.19. The lowest BCUT2D eigenvalue weighted by Gasteiger charge is -2.19. The van der Waals surface area contributed by atoms with Crippen LogP contribution < -0.4 is 20.9 Å². The maximum absolute atomic E-state index is 14.0. The number of nitrogen functional groups attached to an aromatic ring is 1. The van der Waals surface area contributed by atoms with Crippen LogP contribution in [0, 0.1) is 5.82 Å². The highest BCUT2D eigenvalue weighted by Gasteiger charge is 2.20. The summed E-state index contributed by atoms with van der Waals surface area (Å²) in [7, 11) is 0. The van der Waals surface area contributed by atoms with E-state index in [0.29, 0.717) is 51.9 Å². The second kappa shape index (κ2) is 8.20. The molecule has 2 aromatic heterocycles. The van der Waals surface area contributed by atoms with E-state index >= 15 is 0 Å². The molecule has 1 aromatic carbocycles. The predicted molar refractivity (Wildman–Crippen MR) is 113 cm³/mol. The molecule has 0 unspecified atom stereocenters. The molecule has 1 aliphatic heterocycles. The minimum atomic E-state index is -0.386. The van der Waals surface area contributed by atoms with Gasteiger partial charge in [0, 0.05) is 41.8 Å². The Labute approximate surface area is 172 Å². The minimum Gasteiger partial charge on any atom is -0.485 e. The zero-order chi connectivity index (χ0) is 21.1. The number of ether oxygens (including phenoxy) is 2. The van der Waals surface area contributed by atoms with Gasteiger partial charge in [0.15, 0.2) is 23.1 Å². The van der Waals surface area contributed by atoms with Crippen LogP contribution in [0.3, 0.4) is 0 Å². The SMILES string of the molecule is CCN=C1/C(=C\N)Oc2cccnc2-c2ccc(F)cc2COc2cc1cnc2N. The summed E-state index contributed by atoms with van der Waals surface area (Å²) in [4.78, 5) is 13.2. The van der Waals surface area contributed by atoms with Gasteiger partial charge in [0.2, 0.25) is 0 Å². The number of pyridine rings is 2. The molecule has 1 aliphatic rings. The first-order valence-electron chi connectivity index (χ1n) is 9.37. The molecular weight excluding hydrogens is 385 g/mol. The van der Waals surface area contributed by atoms with Crippen molar-refractivity contribution in [1.29, 1.82) is 0 Å². The molecule has 0 aliphatic carbocycles. The summed E-state index contributed by atoms with van der Waals surface area (Å²) in [6, 6.07) is 9.63. The van der Waals surface area contributed by atoms with Crippen LogP contribution in [-0.2, 0) is 6.61 Å². The van der Waals surface area contributed by atoms with Crippen LogP contribution in [0.4, 0.5) is 10.2 Å². The lowest BCUT2D eigenvalue weighted by atomic mass is 10.0. The Morgan fingerprint density at radius 1 is 1.20 bits per heavy atom. The first-order valence-corrected chi connectivity index (χ1v) is 9.37. The molecule has 3 heterocycles. The van der Waals surface area contributed by atoms with Crippen molar-refractivity contribution in [1.82, 2.24) is 9.97 Å². The summed E-state index contributed by atoms with van der Waals surface area (Å²) < 4.78 is 26.1. The van der Waals surface area contributed by atoms with Crippen molar-refractivity contribution in [3.05, 3.63) is 77.7 Å². The number of halogens is 1. The third kappa shape index (κ3) is 3.67. The van der Waals surface area contributed by atoms with Gasteiger partial charge in [-0.15, -0.1) is 0 Å². The predicted octanol–water partition coefficient (Wildman–Crippen LogP) is 3.45. The summed E-state index contributed by atoms with van der Waals surface area (Å²) in [5.74, 6) is 0.956. The topological polar surface area (TPSA) is 109 Å². The molecule has 8 heteroatoms. The normalized spacial score (nSPS) is 15.9. The zero-order valence-corrected chi connectivity index (χ0v) is 16.3. The summed E-state index contributed by atoms with van der Waals surface area (Å²) in [6.07, 6.45) is 4.55. The summed E-state index contributed by atoms with van der Waals surface area (Å²) in [5, 5.41) is 0. The second-order valence-electron chi connectivity index (χ2n) is 6.50. The lowest BCUT2D eigenvalue weighted by Crippen LogP contribution is -2.16. The highest BCUT2D eigenvalue weighted by atomic mass is 19.1. The molecule has 30 heavy (non-hydrogen) atoms. The first kappa shape index (κ1) is 19.4. The van der Waals surface area contributed by atoms with Gasteiger partial charge in [0.25, 0.3) is 0 Å². The van der Waals surface area contributed by atoms with E-state index in [2.05, 4.69) is 15.0 Å². The Morgan fingerprint density at radius 2 is 2.07 bits per heavy atom. The summed E-state index contributed by atoms with van der Waals surface area (Å²) >= 11 is 0. The van der Waals surface area contributed by atoms with Crippen molar-refractivity contribution in [3.8, 4) is 22.8 Å². The lowest BCUT2D eigenvalue weighted by molar-refractivity contribution is 0.306. The van der Waals surface area contributed by atoms with Gasteiger partial charge in [-0.05, 0) is 43.3 Å². The Morgan fingerprint density at radius 3 is 2.87 bits per heavy atom. The molecule has 0 radical (unpaired) electrons. The Kier molecular flexibility index (Phi) is 5.30. The van der Waals surface area contributed by atoms with E-state index < -0.39 is 0 Å². The van der Waals surface area contributed by atoms with E-state index in [-0.39, 0.29) is 18.2 Å². The van der Waals surface area contributed by atoms with E-state index in [1.54, 1.807) is 36.7 Å². The molecule has 4 rings (SSSR count). The van der Waals surface area contributed by atoms with Crippen LogP contribution in [0.1, 0.15) is 18.1 Å². The van der Waals surface area contributed by atoms with Gasteiger partial charge in [-0.1, -0.05) is 0 Å². The molecule has 3 aromatic rings. The molecule has 2 bridgehead atoms. The fraction of sp³-hybridized carbons (Fsp3) is 0.136. The summed E-state index contributed by atoms with van der Waals surface area (Å²) in [6.45, 7) is 2.47. The quantitative estimate of drug-likeness (QED) is 0.642. The van der Waals surface area contributed by atoms with Crippen molar-refractivity contribution in [2.24, 2.45) is 10.7 Å². The Hall–Kier alpha value is -3.94. The number of hydrogen-bond acceptors (Lipinski definition) is 7. The molecule has 4 N–H and O–H groups in total. The number of nitrogens with two attached hydrogens (primary N) is 2. The highest BCUT2D eigenvalue weighted by molar-refractivity contribution is 6.11. The van der Waals surface area contributed by atoms with Crippen molar-refractivity contribution in [3.63, 3.8) is 0 Å². The van der Waals surface area contributed by atoms with E-state index in [9.17, 15) is 4.39 Å². The highest BCUT2D eigenvalue weighted by Crippen LogP contribution is 2.34. The van der Waals surface area contributed by atoms with Gasteiger partial charge in [-0.3, -0.25) is 9.98 Å². The van der Waals surface area contributed by atoms with Crippen molar-refractivity contribution in [2.45, 2.75) is 13.5 Å². The van der Waals surface area contributed by atoms with Crippen LogP contribution >= 0.6 is 0 Å². The van der Waals surface area contributed by atoms with Gasteiger partial charge in [-0.2, -0.15) is 0 Å². The van der Waals surface area contributed by atoms with Gasteiger partial charge in [-0.25, -0.2) is 9.37 Å². The number of anilines is 1. The average Bonchev–Trinajstić information content (AvgIpc) is 2.75. The molecule has 0 saturated heterocycles. The number of fused-ring (bicyclic) bond motifs is 5. The fourth-order valence-electron chi connectivity index (χ4n) is 3.19.